The van der Waals surface area contributed by atoms with Crippen LogP contribution in [0.25, 0.3) is 11.1 Å². The lowest BCUT2D eigenvalue weighted by Gasteiger charge is -2.08. The van der Waals surface area contributed by atoms with Gasteiger partial charge in [-0.3, -0.25) is 0 Å². The van der Waals surface area contributed by atoms with Crippen LogP contribution in [-0.2, 0) is 12.8 Å². The van der Waals surface area contributed by atoms with Gasteiger partial charge in [-0.15, -0.1) is 0 Å². The summed E-state index contributed by atoms with van der Waals surface area (Å²) in [6, 6.07) is 11.1. The Balaban J connectivity index is 2.09. The molecule has 0 atom stereocenters. The fourth-order valence-electron chi connectivity index (χ4n) is 2.59. The number of ether oxygens (including phenoxy) is 1. The predicted molar refractivity (Wildman–Crippen MR) is 70.4 cm³/mol. The van der Waals surface area contributed by atoms with Crippen molar-refractivity contribution in [2.75, 3.05) is 7.11 Å². The van der Waals surface area contributed by atoms with Gasteiger partial charge in [-0.05, 0) is 54.2 Å². The van der Waals surface area contributed by atoms with Crippen molar-refractivity contribution in [3.63, 3.8) is 0 Å². The van der Waals surface area contributed by atoms with Gasteiger partial charge in [-0.1, -0.05) is 18.2 Å². The third-order valence-corrected chi connectivity index (χ3v) is 3.58. The Morgan fingerprint density at radius 3 is 2.67 bits per heavy atom. The molecule has 0 unspecified atom stereocenters. The first-order chi connectivity index (χ1) is 8.78. The van der Waals surface area contributed by atoms with Crippen molar-refractivity contribution in [1.29, 1.82) is 0 Å². The van der Waals surface area contributed by atoms with Crippen LogP contribution in [0.5, 0.6) is 5.75 Å². The van der Waals surface area contributed by atoms with Gasteiger partial charge in [0.05, 0.1) is 7.11 Å². The van der Waals surface area contributed by atoms with Crippen molar-refractivity contribution in [3.05, 3.63) is 53.3 Å². The van der Waals surface area contributed by atoms with E-state index in [0.29, 0.717) is 11.3 Å². The van der Waals surface area contributed by atoms with E-state index in [-0.39, 0.29) is 5.82 Å². The summed E-state index contributed by atoms with van der Waals surface area (Å²) in [5, 5.41) is 0. The molecule has 0 heterocycles. The summed E-state index contributed by atoms with van der Waals surface area (Å²) >= 11 is 0. The van der Waals surface area contributed by atoms with Gasteiger partial charge in [0.25, 0.3) is 0 Å². The molecular formula is C16H15FO. The maximum Gasteiger partial charge on any atom is 0.131 e. The first-order valence-electron chi connectivity index (χ1n) is 6.23. The third-order valence-electron chi connectivity index (χ3n) is 3.58. The van der Waals surface area contributed by atoms with Gasteiger partial charge in [0.2, 0.25) is 0 Å². The number of halogens is 1. The molecule has 0 N–H and O–H groups in total. The Labute approximate surface area is 106 Å². The summed E-state index contributed by atoms with van der Waals surface area (Å²) in [5.41, 5.74) is 4.31. The number of methoxy groups -OCH3 is 1. The molecule has 1 aliphatic carbocycles. The number of aryl methyl sites for hydroxylation is 2. The van der Waals surface area contributed by atoms with Crippen LogP contribution in [0.1, 0.15) is 17.5 Å². The number of hydrogen-bond donors (Lipinski definition) is 0. The molecule has 0 bridgehead atoms. The normalized spacial score (nSPS) is 13.4. The lowest BCUT2D eigenvalue weighted by atomic mass is 10.00. The van der Waals surface area contributed by atoms with Crippen molar-refractivity contribution >= 4 is 0 Å². The molecule has 1 nitrogen and oxygen atoms in total. The molecular weight excluding hydrogens is 227 g/mol. The molecule has 3 rings (SSSR count). The summed E-state index contributed by atoms with van der Waals surface area (Å²) in [6.07, 6.45) is 3.46. The van der Waals surface area contributed by atoms with Gasteiger partial charge in [-0.2, -0.15) is 0 Å². The van der Waals surface area contributed by atoms with Gasteiger partial charge >= 0.3 is 0 Å². The topological polar surface area (TPSA) is 9.23 Å². The molecule has 0 spiro atoms. The van der Waals surface area contributed by atoms with Crippen molar-refractivity contribution in [2.24, 2.45) is 0 Å². The highest BCUT2D eigenvalue weighted by molar-refractivity contribution is 5.67. The van der Waals surface area contributed by atoms with Crippen LogP contribution in [0.4, 0.5) is 4.39 Å². The average Bonchev–Trinajstić information content (AvgIpc) is 2.86. The molecule has 92 valence electrons. The molecule has 0 saturated carbocycles. The van der Waals surface area contributed by atoms with Crippen LogP contribution >= 0.6 is 0 Å². The number of rotatable bonds is 2. The van der Waals surface area contributed by atoms with Crippen LogP contribution in [-0.4, -0.2) is 7.11 Å². The van der Waals surface area contributed by atoms with E-state index in [2.05, 4.69) is 12.1 Å². The Morgan fingerprint density at radius 2 is 1.83 bits per heavy atom. The van der Waals surface area contributed by atoms with E-state index in [4.69, 9.17) is 4.74 Å². The highest BCUT2D eigenvalue weighted by atomic mass is 19.1. The minimum atomic E-state index is -0.200. The summed E-state index contributed by atoms with van der Waals surface area (Å²) in [4.78, 5) is 0. The van der Waals surface area contributed by atoms with E-state index in [0.717, 1.165) is 18.4 Å². The smallest absolute Gasteiger partial charge is 0.131 e. The van der Waals surface area contributed by atoms with Crippen LogP contribution in [0.2, 0.25) is 0 Å². The van der Waals surface area contributed by atoms with E-state index in [1.807, 2.05) is 6.07 Å². The Morgan fingerprint density at radius 1 is 1.00 bits per heavy atom. The zero-order chi connectivity index (χ0) is 12.5. The highest BCUT2D eigenvalue weighted by Gasteiger charge is 2.13. The molecule has 2 aromatic carbocycles. The van der Waals surface area contributed by atoms with Gasteiger partial charge < -0.3 is 4.74 Å². The molecule has 0 fully saturated rings. The minimum Gasteiger partial charge on any atom is -0.497 e. The second-order valence-electron chi connectivity index (χ2n) is 4.68. The lowest BCUT2D eigenvalue weighted by Crippen LogP contribution is -1.90. The summed E-state index contributed by atoms with van der Waals surface area (Å²) < 4.78 is 19.0. The van der Waals surface area contributed by atoms with Gasteiger partial charge in [0, 0.05) is 5.56 Å². The summed E-state index contributed by atoms with van der Waals surface area (Å²) in [6.45, 7) is 0. The van der Waals surface area contributed by atoms with Crippen LogP contribution < -0.4 is 4.74 Å². The van der Waals surface area contributed by atoms with Crippen LogP contribution in [0.3, 0.4) is 0 Å². The van der Waals surface area contributed by atoms with E-state index in [1.165, 1.54) is 23.6 Å². The Hall–Kier alpha value is -1.83. The van der Waals surface area contributed by atoms with Crippen molar-refractivity contribution in [2.45, 2.75) is 19.3 Å². The summed E-state index contributed by atoms with van der Waals surface area (Å²) in [7, 11) is 1.60. The Bertz CT molecular complexity index is 590. The maximum absolute atomic E-state index is 13.9. The van der Waals surface area contributed by atoms with E-state index in [9.17, 15) is 4.39 Å². The quantitative estimate of drug-likeness (QED) is 0.773. The fourth-order valence-corrected chi connectivity index (χ4v) is 2.59. The van der Waals surface area contributed by atoms with E-state index < -0.39 is 0 Å². The van der Waals surface area contributed by atoms with Gasteiger partial charge in [0.15, 0.2) is 0 Å². The maximum atomic E-state index is 13.9. The van der Waals surface area contributed by atoms with E-state index in [1.54, 1.807) is 19.2 Å². The second-order valence-corrected chi connectivity index (χ2v) is 4.68. The second kappa shape index (κ2) is 4.45. The Kier molecular flexibility index (Phi) is 2.78. The molecule has 0 aromatic heterocycles. The molecule has 1 aliphatic rings. The molecule has 2 heteroatoms. The van der Waals surface area contributed by atoms with Crippen molar-refractivity contribution < 1.29 is 9.13 Å². The average molecular weight is 242 g/mol. The highest BCUT2D eigenvalue weighted by Crippen LogP contribution is 2.31. The molecule has 0 amide bonds. The SMILES string of the molecule is COc1ccc(F)c(-c2ccc3c(c2)CCC3)c1. The summed E-state index contributed by atoms with van der Waals surface area (Å²) in [5.74, 6) is 0.487. The largest absolute Gasteiger partial charge is 0.497 e. The molecule has 0 radical (unpaired) electrons. The molecule has 18 heavy (non-hydrogen) atoms. The van der Waals surface area contributed by atoms with Crippen LogP contribution in [0.15, 0.2) is 36.4 Å². The zero-order valence-corrected chi connectivity index (χ0v) is 10.4. The van der Waals surface area contributed by atoms with Gasteiger partial charge in [0.1, 0.15) is 11.6 Å². The minimum absolute atomic E-state index is 0.200. The number of hydrogen-bond acceptors (Lipinski definition) is 1. The molecule has 0 aliphatic heterocycles. The fraction of sp³-hybridized carbons (Fsp3) is 0.250. The zero-order valence-electron chi connectivity index (χ0n) is 10.4. The first-order valence-corrected chi connectivity index (χ1v) is 6.23. The number of fused-ring (bicyclic) bond motifs is 1. The van der Waals surface area contributed by atoms with E-state index >= 15 is 0 Å². The first kappa shape index (κ1) is 11.3. The molecule has 2 aromatic rings. The molecule has 0 saturated heterocycles. The standard InChI is InChI=1S/C16H15FO/c1-18-14-7-8-16(17)15(10-14)13-6-5-11-3-2-4-12(11)9-13/h5-10H,2-4H2,1H3. The third kappa shape index (κ3) is 1.88. The van der Waals surface area contributed by atoms with Crippen molar-refractivity contribution in [3.8, 4) is 16.9 Å². The van der Waals surface area contributed by atoms with Crippen LogP contribution in [0, 0.1) is 5.82 Å². The van der Waals surface area contributed by atoms with Gasteiger partial charge in [-0.25, -0.2) is 4.39 Å². The monoisotopic (exact) mass is 242 g/mol. The predicted octanol–water partition coefficient (Wildman–Crippen LogP) is 3.99. The number of benzene rings is 2. The van der Waals surface area contributed by atoms with Crippen molar-refractivity contribution in [1.82, 2.24) is 0 Å². The lowest BCUT2D eigenvalue weighted by molar-refractivity contribution is 0.414.